The van der Waals surface area contributed by atoms with E-state index in [1.54, 1.807) is 41.6 Å². The number of nitrogens with zero attached hydrogens (tertiary/aromatic N) is 4. The van der Waals surface area contributed by atoms with Gasteiger partial charge >= 0.3 is 12.2 Å². The molecule has 8 nitrogen and oxygen atoms in total. The molecular weight excluding hydrogens is 523 g/mol. The van der Waals surface area contributed by atoms with Gasteiger partial charge in [0.15, 0.2) is 24.3 Å². The number of alkyl halides is 3. The van der Waals surface area contributed by atoms with E-state index in [0.717, 1.165) is 30.5 Å². The van der Waals surface area contributed by atoms with Gasteiger partial charge in [0, 0.05) is 39.9 Å². The number of fused-ring (bicyclic) bond motifs is 3. The van der Waals surface area contributed by atoms with Crippen LogP contribution < -0.4 is 10.2 Å². The Labute approximate surface area is 225 Å². The van der Waals surface area contributed by atoms with Gasteiger partial charge < -0.3 is 14.2 Å². The lowest BCUT2D eigenvalue weighted by molar-refractivity contribution is -0.137. The summed E-state index contributed by atoms with van der Waals surface area (Å²) in [4.78, 5) is 28.0. The zero-order valence-electron chi connectivity index (χ0n) is 20.7. The van der Waals surface area contributed by atoms with Crippen LogP contribution in [0.2, 0.25) is 0 Å². The molecule has 4 heterocycles. The predicted molar refractivity (Wildman–Crippen MR) is 139 cm³/mol. The number of anilines is 2. The SMILES string of the molecule is O=C(Nc1cc(-c2cnco2)cc(-c2cnco2)c1)N1c2nc(-c3cccc(C(F)(F)F)c3)ccc2C2CCC21. The molecule has 2 aliphatic rings. The first-order chi connectivity index (χ1) is 19.3. The zero-order valence-corrected chi connectivity index (χ0v) is 20.7. The Kier molecular flexibility index (Phi) is 5.48. The van der Waals surface area contributed by atoms with Crippen LogP contribution in [0.4, 0.5) is 29.5 Å². The topological polar surface area (TPSA) is 97.3 Å². The van der Waals surface area contributed by atoms with E-state index in [2.05, 4.69) is 15.3 Å². The Bertz CT molecular complexity index is 1670. The van der Waals surface area contributed by atoms with Crippen LogP contribution in [0.25, 0.3) is 33.9 Å². The average Bonchev–Trinajstić information content (AvgIpc) is 3.69. The molecule has 1 fully saturated rings. The number of nitrogens with one attached hydrogen (secondary N) is 1. The van der Waals surface area contributed by atoms with Crippen molar-refractivity contribution in [2.75, 3.05) is 10.2 Å². The van der Waals surface area contributed by atoms with Crippen molar-refractivity contribution in [3.8, 4) is 33.9 Å². The summed E-state index contributed by atoms with van der Waals surface area (Å²) in [5.41, 5.74) is 2.70. The summed E-state index contributed by atoms with van der Waals surface area (Å²) in [5, 5.41) is 2.98. The molecule has 5 aromatic rings. The second-order valence-electron chi connectivity index (χ2n) is 9.77. The van der Waals surface area contributed by atoms with E-state index in [0.29, 0.717) is 45.4 Å². The van der Waals surface area contributed by atoms with Crippen molar-refractivity contribution >= 4 is 17.5 Å². The van der Waals surface area contributed by atoms with Crippen LogP contribution in [0, 0.1) is 0 Å². The smallest absolute Gasteiger partial charge is 0.416 e. The van der Waals surface area contributed by atoms with Gasteiger partial charge in [-0.3, -0.25) is 4.90 Å². The minimum absolute atomic E-state index is 0.0783. The third kappa shape index (κ3) is 4.10. The summed E-state index contributed by atoms with van der Waals surface area (Å²) in [5.74, 6) is 1.61. The fraction of sp³-hybridized carbons (Fsp3) is 0.172. The van der Waals surface area contributed by atoms with Crippen LogP contribution >= 0.6 is 0 Å². The number of amides is 2. The molecule has 11 heteroatoms. The highest BCUT2D eigenvalue weighted by molar-refractivity contribution is 6.04. The number of rotatable bonds is 4. The number of oxazole rings is 2. The molecule has 7 rings (SSSR count). The van der Waals surface area contributed by atoms with E-state index < -0.39 is 11.7 Å². The van der Waals surface area contributed by atoms with Gasteiger partial charge in [-0.1, -0.05) is 18.2 Å². The number of pyridine rings is 1. The summed E-state index contributed by atoms with van der Waals surface area (Å²) in [6.45, 7) is 0. The molecule has 1 N–H and O–H groups in total. The lowest BCUT2D eigenvalue weighted by Crippen LogP contribution is -2.46. The van der Waals surface area contributed by atoms with Gasteiger partial charge in [0.1, 0.15) is 5.82 Å². The second-order valence-corrected chi connectivity index (χ2v) is 9.77. The molecule has 0 saturated heterocycles. The molecule has 1 saturated carbocycles. The number of urea groups is 1. The van der Waals surface area contributed by atoms with Crippen molar-refractivity contribution in [3.05, 3.63) is 90.9 Å². The van der Waals surface area contributed by atoms with E-state index in [9.17, 15) is 18.0 Å². The number of carbonyl (C=O) groups is 1. The standard InChI is InChI=1S/C29H20F3N5O3/c30-29(31,32)19-3-1-2-16(9-19)23-6-4-22-21-5-7-24(21)37(27(22)36-23)28(38)35-20-10-17(25-12-33-14-39-25)8-18(11-20)26-13-34-15-40-26/h1-4,6,8-15,21,24H,5,7H2,(H,35,38). The molecule has 0 bridgehead atoms. The normalized spacial score (nSPS) is 17.7. The number of aromatic nitrogens is 3. The van der Waals surface area contributed by atoms with Crippen molar-refractivity contribution in [2.24, 2.45) is 0 Å². The number of benzene rings is 2. The Morgan fingerprint density at radius 3 is 2.23 bits per heavy atom. The Morgan fingerprint density at radius 2 is 1.62 bits per heavy atom. The van der Waals surface area contributed by atoms with Crippen molar-refractivity contribution in [1.29, 1.82) is 0 Å². The van der Waals surface area contributed by atoms with E-state index in [-0.39, 0.29) is 18.0 Å². The quantitative estimate of drug-likeness (QED) is 0.254. The Hall–Kier alpha value is -4.93. The summed E-state index contributed by atoms with van der Waals surface area (Å²) in [7, 11) is 0. The number of carbonyl (C=O) groups excluding carboxylic acids is 1. The molecule has 3 aromatic heterocycles. The number of hydrogen-bond acceptors (Lipinski definition) is 6. The molecule has 1 aliphatic carbocycles. The highest BCUT2D eigenvalue weighted by Crippen LogP contribution is 2.51. The van der Waals surface area contributed by atoms with E-state index >= 15 is 0 Å². The Balaban J connectivity index is 1.24. The fourth-order valence-electron chi connectivity index (χ4n) is 5.40. The maximum atomic E-state index is 13.8. The van der Waals surface area contributed by atoms with Crippen LogP contribution in [0.3, 0.4) is 0 Å². The largest absolute Gasteiger partial charge is 0.444 e. The first-order valence-electron chi connectivity index (χ1n) is 12.6. The van der Waals surface area contributed by atoms with Gasteiger partial charge in [-0.15, -0.1) is 0 Å². The van der Waals surface area contributed by atoms with Gasteiger partial charge in [-0.05, 0) is 49.2 Å². The first-order valence-corrected chi connectivity index (χ1v) is 12.6. The van der Waals surface area contributed by atoms with Gasteiger partial charge in [-0.25, -0.2) is 19.7 Å². The minimum atomic E-state index is -4.47. The van der Waals surface area contributed by atoms with Crippen molar-refractivity contribution in [1.82, 2.24) is 15.0 Å². The van der Waals surface area contributed by atoms with Crippen LogP contribution in [0.1, 0.15) is 29.9 Å². The summed E-state index contributed by atoms with van der Waals surface area (Å²) in [6, 6.07) is 13.5. The van der Waals surface area contributed by atoms with E-state index in [1.807, 2.05) is 12.1 Å². The lowest BCUT2D eigenvalue weighted by Gasteiger charge is -2.35. The third-order valence-electron chi connectivity index (χ3n) is 7.42. The van der Waals surface area contributed by atoms with Crippen LogP contribution in [-0.2, 0) is 6.18 Å². The van der Waals surface area contributed by atoms with Crippen molar-refractivity contribution in [2.45, 2.75) is 31.0 Å². The van der Waals surface area contributed by atoms with Crippen LogP contribution in [0.15, 0.2) is 88.6 Å². The number of hydrogen-bond donors (Lipinski definition) is 1. The molecule has 1 aliphatic heterocycles. The maximum absolute atomic E-state index is 13.8. The van der Waals surface area contributed by atoms with Crippen LogP contribution in [0.5, 0.6) is 0 Å². The molecule has 2 unspecified atom stereocenters. The van der Waals surface area contributed by atoms with E-state index in [1.165, 1.54) is 18.9 Å². The van der Waals surface area contributed by atoms with Crippen molar-refractivity contribution in [3.63, 3.8) is 0 Å². The second kappa shape index (κ2) is 9.08. The molecule has 0 spiro atoms. The van der Waals surface area contributed by atoms with Crippen LogP contribution in [-0.4, -0.2) is 27.0 Å². The summed E-state index contributed by atoms with van der Waals surface area (Å²) in [6.07, 6.45) is 3.01. The van der Waals surface area contributed by atoms with Gasteiger partial charge in [0.2, 0.25) is 0 Å². The molecule has 2 amide bonds. The average molecular weight is 544 g/mol. The minimum Gasteiger partial charge on any atom is -0.444 e. The van der Waals surface area contributed by atoms with Gasteiger partial charge in [0.05, 0.1) is 23.7 Å². The molecule has 200 valence electrons. The molecule has 40 heavy (non-hydrogen) atoms. The number of halogens is 3. The lowest BCUT2D eigenvalue weighted by atomic mass is 9.78. The zero-order chi connectivity index (χ0) is 27.4. The van der Waals surface area contributed by atoms with Gasteiger partial charge in [-0.2, -0.15) is 13.2 Å². The maximum Gasteiger partial charge on any atom is 0.416 e. The monoisotopic (exact) mass is 543 g/mol. The van der Waals surface area contributed by atoms with E-state index in [4.69, 9.17) is 13.8 Å². The summed E-state index contributed by atoms with van der Waals surface area (Å²) < 4.78 is 50.9. The first kappa shape index (κ1) is 24.1. The highest BCUT2D eigenvalue weighted by Gasteiger charge is 2.48. The van der Waals surface area contributed by atoms with Gasteiger partial charge in [0.25, 0.3) is 0 Å². The highest BCUT2D eigenvalue weighted by atomic mass is 19.4. The molecule has 2 aromatic carbocycles. The molecular formula is C29H20F3N5O3. The fourth-order valence-corrected chi connectivity index (χ4v) is 5.40. The molecule has 2 atom stereocenters. The van der Waals surface area contributed by atoms with Crippen molar-refractivity contribution < 1.29 is 26.8 Å². The summed E-state index contributed by atoms with van der Waals surface area (Å²) >= 11 is 0. The Morgan fingerprint density at radius 1 is 0.900 bits per heavy atom. The predicted octanol–water partition coefficient (Wildman–Crippen LogP) is 7.38. The third-order valence-corrected chi connectivity index (χ3v) is 7.42. The molecule has 0 radical (unpaired) electrons.